The van der Waals surface area contributed by atoms with Gasteiger partial charge in [0.2, 0.25) is 0 Å². The van der Waals surface area contributed by atoms with E-state index in [2.05, 4.69) is 34.1 Å². The minimum absolute atomic E-state index is 0.155. The van der Waals surface area contributed by atoms with Crippen molar-refractivity contribution in [3.63, 3.8) is 0 Å². The molecule has 1 aromatic rings. The number of hydrogen-bond acceptors (Lipinski definition) is 5. The Labute approximate surface area is 162 Å². The predicted octanol–water partition coefficient (Wildman–Crippen LogP) is 2.40. The van der Waals surface area contributed by atoms with E-state index in [0.29, 0.717) is 6.10 Å². The van der Waals surface area contributed by atoms with Crippen molar-refractivity contribution in [1.29, 1.82) is 0 Å². The Kier molecular flexibility index (Phi) is 6.33. The Morgan fingerprint density at radius 1 is 0.963 bits per heavy atom. The van der Waals surface area contributed by atoms with E-state index >= 15 is 0 Å². The second-order valence-electron chi connectivity index (χ2n) is 8.60. The summed E-state index contributed by atoms with van der Waals surface area (Å²) in [5, 5.41) is 20.4. The normalized spacial score (nSPS) is 29.3. The van der Waals surface area contributed by atoms with Crippen LogP contribution in [0.4, 0.5) is 0 Å². The lowest BCUT2D eigenvalue weighted by atomic mass is 9.96. The van der Waals surface area contributed by atoms with Gasteiger partial charge in [0, 0.05) is 38.8 Å². The van der Waals surface area contributed by atoms with Crippen LogP contribution in [0.5, 0.6) is 5.75 Å². The molecule has 1 saturated carbocycles. The Hall–Kier alpha value is -1.14. The quantitative estimate of drug-likeness (QED) is 0.829. The summed E-state index contributed by atoms with van der Waals surface area (Å²) >= 11 is 0. The first-order chi connectivity index (χ1) is 13.2. The van der Waals surface area contributed by atoms with E-state index in [1.807, 2.05) is 0 Å². The predicted molar refractivity (Wildman–Crippen MR) is 106 cm³/mol. The summed E-state index contributed by atoms with van der Waals surface area (Å²) in [6, 6.07) is 8.72. The number of rotatable bonds is 5. The maximum atomic E-state index is 10.7. The maximum Gasteiger partial charge on any atom is 0.120 e. The zero-order chi connectivity index (χ0) is 18.6. The number of likely N-dealkylation sites (tertiary alicyclic amines) is 2. The van der Waals surface area contributed by atoms with Crippen LogP contribution in [0.2, 0.25) is 0 Å². The van der Waals surface area contributed by atoms with Crippen LogP contribution in [0, 0.1) is 0 Å². The highest BCUT2D eigenvalue weighted by atomic mass is 16.5. The van der Waals surface area contributed by atoms with Crippen molar-refractivity contribution in [2.45, 2.75) is 75.8 Å². The number of piperidine rings is 2. The van der Waals surface area contributed by atoms with E-state index in [0.717, 1.165) is 57.7 Å². The second kappa shape index (κ2) is 8.91. The highest BCUT2D eigenvalue weighted by molar-refractivity contribution is 5.28. The smallest absolute Gasteiger partial charge is 0.120 e. The Balaban J connectivity index is 1.29. The fourth-order valence-corrected chi connectivity index (χ4v) is 4.95. The molecule has 150 valence electrons. The van der Waals surface area contributed by atoms with Gasteiger partial charge >= 0.3 is 0 Å². The SMILES string of the molecule is OC1CCN([C@@H]2CCN(Cc3cccc(OC4CCCC4)c3)C[C@H]2O)CC1. The van der Waals surface area contributed by atoms with E-state index in [1.54, 1.807) is 0 Å². The van der Waals surface area contributed by atoms with Gasteiger partial charge in [0.1, 0.15) is 5.75 Å². The number of aliphatic hydroxyl groups is 2. The number of benzene rings is 1. The average molecular weight is 375 g/mol. The van der Waals surface area contributed by atoms with Crippen LogP contribution >= 0.6 is 0 Å². The standard InChI is InChI=1S/C22H34N2O3/c25-18-8-12-24(13-9-18)21-10-11-23(16-22(21)26)15-17-4-3-7-20(14-17)27-19-5-1-2-6-19/h3-4,7,14,18-19,21-22,25-26H,1-2,5-6,8-13,15-16H2/t21-,22-/m1/s1. The Morgan fingerprint density at radius 3 is 2.48 bits per heavy atom. The summed E-state index contributed by atoms with van der Waals surface area (Å²) in [4.78, 5) is 4.74. The van der Waals surface area contributed by atoms with Gasteiger partial charge in [-0.3, -0.25) is 9.80 Å². The van der Waals surface area contributed by atoms with Crippen LogP contribution in [-0.2, 0) is 6.54 Å². The molecule has 0 unspecified atom stereocenters. The van der Waals surface area contributed by atoms with Gasteiger partial charge < -0.3 is 14.9 Å². The summed E-state index contributed by atoms with van der Waals surface area (Å²) in [5.74, 6) is 0.988. The first-order valence-electron chi connectivity index (χ1n) is 10.8. The molecule has 0 bridgehead atoms. The second-order valence-corrected chi connectivity index (χ2v) is 8.60. The first kappa shape index (κ1) is 19.2. The number of aliphatic hydroxyl groups excluding tert-OH is 2. The fourth-order valence-electron chi connectivity index (χ4n) is 4.95. The van der Waals surface area contributed by atoms with Gasteiger partial charge in [0.15, 0.2) is 0 Å². The molecular weight excluding hydrogens is 340 g/mol. The zero-order valence-electron chi connectivity index (χ0n) is 16.3. The van der Waals surface area contributed by atoms with E-state index in [1.165, 1.54) is 31.2 Å². The summed E-state index contributed by atoms with van der Waals surface area (Å²) < 4.78 is 6.14. The molecule has 1 aromatic carbocycles. The van der Waals surface area contributed by atoms with Gasteiger partial charge in [-0.15, -0.1) is 0 Å². The van der Waals surface area contributed by atoms with Gasteiger partial charge in [-0.25, -0.2) is 0 Å². The van der Waals surface area contributed by atoms with Gasteiger partial charge in [-0.05, 0) is 62.6 Å². The molecule has 0 amide bonds. The highest BCUT2D eigenvalue weighted by Gasteiger charge is 2.33. The summed E-state index contributed by atoms with van der Waals surface area (Å²) in [5.41, 5.74) is 1.26. The molecule has 0 radical (unpaired) electrons. The lowest BCUT2D eigenvalue weighted by molar-refractivity contribution is -0.0355. The highest BCUT2D eigenvalue weighted by Crippen LogP contribution is 2.26. The molecule has 0 aromatic heterocycles. The monoisotopic (exact) mass is 374 g/mol. The van der Waals surface area contributed by atoms with Crippen LogP contribution < -0.4 is 4.74 Å². The molecule has 2 N–H and O–H groups in total. The van der Waals surface area contributed by atoms with Crippen LogP contribution in [0.15, 0.2) is 24.3 Å². The lowest BCUT2D eigenvalue weighted by Crippen LogP contribution is -2.55. The van der Waals surface area contributed by atoms with Crippen LogP contribution in [0.1, 0.15) is 50.5 Å². The summed E-state index contributed by atoms with van der Waals surface area (Å²) in [6.07, 6.45) is 7.51. The van der Waals surface area contributed by atoms with Gasteiger partial charge in [-0.1, -0.05) is 12.1 Å². The number of nitrogens with zero attached hydrogens (tertiary/aromatic N) is 2. The minimum atomic E-state index is -0.313. The number of ether oxygens (including phenoxy) is 1. The number of hydrogen-bond donors (Lipinski definition) is 2. The Morgan fingerprint density at radius 2 is 1.74 bits per heavy atom. The molecule has 27 heavy (non-hydrogen) atoms. The van der Waals surface area contributed by atoms with Crippen molar-refractivity contribution in [2.24, 2.45) is 0 Å². The van der Waals surface area contributed by atoms with Crippen molar-refractivity contribution in [2.75, 3.05) is 26.2 Å². The van der Waals surface area contributed by atoms with Crippen molar-refractivity contribution in [3.05, 3.63) is 29.8 Å². The summed E-state index contributed by atoms with van der Waals surface area (Å²) in [6.45, 7) is 4.41. The Bertz CT molecular complexity index is 597. The van der Waals surface area contributed by atoms with Crippen LogP contribution in [-0.4, -0.2) is 70.5 Å². The molecule has 2 heterocycles. The summed E-state index contributed by atoms with van der Waals surface area (Å²) in [7, 11) is 0. The molecule has 1 aliphatic carbocycles. The fraction of sp³-hybridized carbons (Fsp3) is 0.727. The lowest BCUT2D eigenvalue weighted by Gasteiger charge is -2.43. The third-order valence-electron chi connectivity index (χ3n) is 6.51. The first-order valence-corrected chi connectivity index (χ1v) is 10.8. The third-order valence-corrected chi connectivity index (χ3v) is 6.51. The van der Waals surface area contributed by atoms with Crippen molar-refractivity contribution in [3.8, 4) is 5.75 Å². The molecule has 0 spiro atoms. The van der Waals surface area contributed by atoms with Gasteiger partial charge in [-0.2, -0.15) is 0 Å². The van der Waals surface area contributed by atoms with E-state index in [9.17, 15) is 10.2 Å². The molecule has 3 fully saturated rings. The molecule has 5 nitrogen and oxygen atoms in total. The van der Waals surface area contributed by atoms with Gasteiger partial charge in [0.25, 0.3) is 0 Å². The largest absolute Gasteiger partial charge is 0.490 e. The molecule has 3 aliphatic rings. The van der Waals surface area contributed by atoms with E-state index in [4.69, 9.17) is 4.74 Å². The molecule has 5 heteroatoms. The molecule has 2 saturated heterocycles. The topological polar surface area (TPSA) is 56.2 Å². The van der Waals surface area contributed by atoms with Crippen LogP contribution in [0.3, 0.4) is 0 Å². The molecule has 2 atom stereocenters. The average Bonchev–Trinajstić information content (AvgIpc) is 3.16. The molecular formula is C22H34N2O3. The maximum absolute atomic E-state index is 10.7. The minimum Gasteiger partial charge on any atom is -0.490 e. The van der Waals surface area contributed by atoms with Crippen molar-refractivity contribution >= 4 is 0 Å². The van der Waals surface area contributed by atoms with E-state index < -0.39 is 0 Å². The van der Waals surface area contributed by atoms with Crippen LogP contribution in [0.25, 0.3) is 0 Å². The van der Waals surface area contributed by atoms with Crippen molar-refractivity contribution in [1.82, 2.24) is 9.80 Å². The zero-order valence-corrected chi connectivity index (χ0v) is 16.3. The third kappa shape index (κ3) is 5.02. The van der Waals surface area contributed by atoms with E-state index in [-0.39, 0.29) is 18.2 Å². The molecule has 2 aliphatic heterocycles. The van der Waals surface area contributed by atoms with Gasteiger partial charge in [0.05, 0.1) is 18.3 Å². The molecule has 4 rings (SSSR count). The van der Waals surface area contributed by atoms with Crippen molar-refractivity contribution < 1.29 is 14.9 Å². The number of β-amino-alcohol motifs (C(OH)–C–C–N with tert-alkyl or cyclic N) is 1.